The summed E-state index contributed by atoms with van der Waals surface area (Å²) in [6, 6.07) is 51.9. The van der Waals surface area contributed by atoms with Crippen molar-refractivity contribution in [2.75, 3.05) is 13.2 Å². The zero-order chi connectivity index (χ0) is 59.3. The number of benzene rings is 5. The van der Waals surface area contributed by atoms with Crippen LogP contribution in [-0.2, 0) is 94.6 Å². The van der Waals surface area contributed by atoms with Crippen LogP contribution in [0.5, 0.6) is 0 Å². The summed E-state index contributed by atoms with van der Waals surface area (Å²) < 4.78 is 93.9. The van der Waals surface area contributed by atoms with Gasteiger partial charge in [-0.25, -0.2) is 0 Å². The fraction of sp³-hybridized carbons (Fsp3) is 0.568. The average molecular weight is 1190 g/mol. The van der Waals surface area contributed by atoms with Crippen LogP contribution in [-0.4, -0.2) is 122 Å². The number of fused-ring (bicyclic) bond motifs is 6. The summed E-state index contributed by atoms with van der Waals surface area (Å²) in [5.74, 6) is -0.621. The molecule has 0 unspecified atom stereocenters. The molecule has 7 saturated heterocycles. The Kier molecular flexibility index (Phi) is 19.6. The smallest absolute Gasteiger partial charge is 0.174 e. The maximum Gasteiger partial charge on any atom is 0.174 e. The topological polar surface area (TPSA) is 120 Å². The second-order valence-corrected chi connectivity index (χ2v) is 26.7. The monoisotopic (exact) mass is 1190 g/mol. The van der Waals surface area contributed by atoms with Crippen LogP contribution >= 0.6 is 0 Å². The molecule has 0 N–H and O–H groups in total. The summed E-state index contributed by atoms with van der Waals surface area (Å²) in [5.41, 5.74) is 4.72. The maximum absolute atomic E-state index is 7.68. The molecule has 22 atom stereocenters. The number of rotatable bonds is 16. The van der Waals surface area contributed by atoms with Crippen LogP contribution in [0, 0.1) is 23.7 Å². The highest BCUT2D eigenvalue weighted by Gasteiger charge is 2.63. The molecule has 5 aromatic carbocycles. The van der Waals surface area contributed by atoms with E-state index in [9.17, 15) is 0 Å². The van der Waals surface area contributed by atoms with Gasteiger partial charge in [0.25, 0.3) is 0 Å². The predicted molar refractivity (Wildman–Crippen MR) is 329 cm³/mol. The highest BCUT2D eigenvalue weighted by Crippen LogP contribution is 2.53. The Hall–Kier alpha value is -4.68. The second-order valence-electron chi connectivity index (χ2n) is 26.7. The van der Waals surface area contributed by atoms with Gasteiger partial charge in [0, 0.05) is 37.5 Å². The third-order valence-electron chi connectivity index (χ3n) is 20.6. The van der Waals surface area contributed by atoms with Gasteiger partial charge in [0.1, 0.15) is 17.8 Å². The Bertz CT molecular complexity index is 2940. The third kappa shape index (κ3) is 14.0. The predicted octanol–water partition coefficient (Wildman–Crippen LogP) is 12.9. The molecule has 8 aliphatic rings. The molecule has 1 spiro atoms. The van der Waals surface area contributed by atoms with Gasteiger partial charge >= 0.3 is 0 Å². The standard InChI is InChI=1S/C74H92O13/c1-48-35-60-61(37-65-69(84-60)50(3)70(79-45-56-31-19-10-20-32-56)72-71(85-65)49(2)51(4)74(87-72)40-57(46-80-74)76-42-53-25-13-7-14-26-53)81-63-39-68-73(5,86-64(63)36-48)67(78-44-55-29-17-9-18-30-55)38-62-59(83-68)34-22-21-33-58(77-43-54-27-15-8-16-28-54)66(82-62)47-75-41-52-23-11-6-12-24-52/h6-32,48-51,57-72H,33-47H2,1-5H3/b22-21-/t48-,49+,50-,51+,57+,58-,59+,60+,61-,62-,63+,64-,65+,66+,67-,68-,69-,70+,71-,72+,73+,74-/m1/s1. The van der Waals surface area contributed by atoms with Gasteiger partial charge in [-0.1, -0.05) is 192 Å². The minimum atomic E-state index is -0.857. The summed E-state index contributed by atoms with van der Waals surface area (Å²) in [4.78, 5) is 0. The minimum Gasteiger partial charge on any atom is -0.374 e. The minimum absolute atomic E-state index is 0.00643. The zero-order valence-electron chi connectivity index (χ0n) is 51.5. The lowest BCUT2D eigenvalue weighted by molar-refractivity contribution is -0.342. The van der Waals surface area contributed by atoms with Gasteiger partial charge in [-0.3, -0.25) is 0 Å². The first-order valence-electron chi connectivity index (χ1n) is 32.7. The molecule has 0 saturated carbocycles. The van der Waals surface area contributed by atoms with Gasteiger partial charge in [-0.15, -0.1) is 0 Å². The fourth-order valence-electron chi connectivity index (χ4n) is 15.5. The Morgan fingerprint density at radius 3 is 1.64 bits per heavy atom. The molecular weight excluding hydrogens is 1100 g/mol. The Labute approximate surface area is 515 Å². The summed E-state index contributed by atoms with van der Waals surface area (Å²) in [5, 5.41) is 0. The van der Waals surface area contributed by atoms with Crippen LogP contribution in [0.3, 0.4) is 0 Å². The molecule has 0 aliphatic carbocycles. The van der Waals surface area contributed by atoms with Gasteiger partial charge in [0.05, 0.1) is 132 Å². The molecule has 13 nitrogen and oxygen atoms in total. The van der Waals surface area contributed by atoms with E-state index < -0.39 is 23.6 Å². The van der Waals surface area contributed by atoms with Crippen LogP contribution < -0.4 is 0 Å². The first-order chi connectivity index (χ1) is 42.5. The summed E-state index contributed by atoms with van der Waals surface area (Å²) in [7, 11) is 0. The van der Waals surface area contributed by atoms with Crippen LogP contribution in [0.25, 0.3) is 0 Å². The SMILES string of the molecule is C[C@@H]1C[C@@H]2O[C@@H]3[C@@H](C)[C@H](OCc4ccccc4)[C@@H]4O[C@]5(C[C@H](OCc6ccccc6)CO5)[C@@H](C)[C@H](C)[C@H]4O[C@H]3C[C@H]2O[C@H]2C[C@H]3O[C@H]4C/C=C\C[C@@H](OCc5ccccc5)[C@H](COCc5ccccc5)O[C@@H]4C[C@@H](OCc4ccccc4)[C@]3(C)O[C@@H]2C1. The first-order valence-corrected chi connectivity index (χ1v) is 32.7. The van der Waals surface area contributed by atoms with E-state index in [4.69, 9.17) is 61.6 Å². The number of hydrogen-bond donors (Lipinski definition) is 0. The van der Waals surface area contributed by atoms with Crippen LogP contribution in [0.2, 0.25) is 0 Å². The lowest BCUT2D eigenvalue weighted by Gasteiger charge is -2.53. The molecule has 13 heteroatoms. The molecule has 13 rings (SSSR count). The van der Waals surface area contributed by atoms with Crippen molar-refractivity contribution in [3.05, 3.63) is 192 Å². The van der Waals surface area contributed by atoms with Gasteiger partial charge in [0.2, 0.25) is 0 Å². The van der Waals surface area contributed by atoms with Gasteiger partial charge < -0.3 is 61.6 Å². The Morgan fingerprint density at radius 2 is 0.989 bits per heavy atom. The largest absolute Gasteiger partial charge is 0.374 e. The van der Waals surface area contributed by atoms with Crippen LogP contribution in [0.15, 0.2) is 164 Å². The van der Waals surface area contributed by atoms with Gasteiger partial charge in [-0.05, 0) is 72.3 Å². The summed E-state index contributed by atoms with van der Waals surface area (Å²) >= 11 is 0. The van der Waals surface area contributed by atoms with E-state index in [-0.39, 0.29) is 109 Å². The van der Waals surface area contributed by atoms with Crippen LogP contribution in [0.1, 0.15) is 114 Å². The molecule has 0 aromatic heterocycles. The fourth-order valence-corrected chi connectivity index (χ4v) is 15.5. The van der Waals surface area contributed by atoms with E-state index in [0.717, 1.165) is 40.7 Å². The number of hydrogen-bond acceptors (Lipinski definition) is 13. The molecule has 0 amide bonds. The highest BCUT2D eigenvalue weighted by molar-refractivity contribution is 5.19. The lowest BCUT2D eigenvalue weighted by atomic mass is 9.75. The molecule has 0 bridgehead atoms. The van der Waals surface area contributed by atoms with E-state index in [1.165, 1.54) is 0 Å². The molecular formula is C74H92O13. The molecule has 8 heterocycles. The summed E-state index contributed by atoms with van der Waals surface area (Å²) in [6.07, 6.45) is 5.12. The van der Waals surface area contributed by atoms with Crippen molar-refractivity contribution in [2.45, 2.75) is 228 Å². The molecule has 87 heavy (non-hydrogen) atoms. The Morgan fingerprint density at radius 1 is 0.448 bits per heavy atom. The van der Waals surface area contributed by atoms with Gasteiger partial charge in [0.15, 0.2) is 5.79 Å². The quantitative estimate of drug-likeness (QED) is 0.0873. The van der Waals surface area contributed by atoms with Crippen LogP contribution in [0.4, 0.5) is 0 Å². The molecule has 8 aliphatic heterocycles. The summed E-state index contributed by atoms with van der Waals surface area (Å²) in [6.45, 7) is 14.5. The molecule has 7 fully saturated rings. The van der Waals surface area contributed by atoms with Crippen molar-refractivity contribution in [2.24, 2.45) is 23.7 Å². The average Bonchev–Trinajstić information content (AvgIpc) is 1.81. The lowest BCUT2D eigenvalue weighted by Crippen LogP contribution is -2.64. The van der Waals surface area contributed by atoms with Crippen molar-refractivity contribution >= 4 is 0 Å². The highest BCUT2D eigenvalue weighted by atomic mass is 16.7. The van der Waals surface area contributed by atoms with Gasteiger partial charge in [-0.2, -0.15) is 0 Å². The van der Waals surface area contributed by atoms with E-state index in [2.05, 4.69) is 156 Å². The normalized spacial score (nSPS) is 39.7. The maximum atomic E-state index is 7.68. The molecule has 5 aromatic rings. The van der Waals surface area contributed by atoms with E-state index >= 15 is 0 Å². The van der Waals surface area contributed by atoms with E-state index in [1.54, 1.807) is 0 Å². The first kappa shape index (κ1) is 61.2. The van der Waals surface area contributed by atoms with E-state index in [1.807, 2.05) is 42.5 Å². The molecule has 466 valence electrons. The van der Waals surface area contributed by atoms with Crippen molar-refractivity contribution in [3.8, 4) is 0 Å². The van der Waals surface area contributed by atoms with Crippen molar-refractivity contribution < 1.29 is 61.6 Å². The van der Waals surface area contributed by atoms with Crippen molar-refractivity contribution in [1.82, 2.24) is 0 Å². The third-order valence-corrected chi connectivity index (χ3v) is 20.6. The van der Waals surface area contributed by atoms with E-state index in [0.29, 0.717) is 84.8 Å². The molecule has 0 radical (unpaired) electrons. The van der Waals surface area contributed by atoms with Crippen molar-refractivity contribution in [3.63, 3.8) is 0 Å². The zero-order valence-corrected chi connectivity index (χ0v) is 51.5. The number of ether oxygens (including phenoxy) is 13. The second kappa shape index (κ2) is 27.8. The van der Waals surface area contributed by atoms with Crippen molar-refractivity contribution in [1.29, 1.82) is 0 Å². The Balaban J connectivity index is 0.761.